The minimum Gasteiger partial charge on any atom is -0.244 e. The van der Waals surface area contributed by atoms with Crippen LogP contribution in [0.5, 0.6) is 0 Å². The smallest absolute Gasteiger partial charge is 0.244 e. The molecule has 1 radical (unpaired) electrons. The standard InChI is InChI=1S/C3H7O4S/c1-3(2)7-8(4,5)6/h3H,1-2H3. The molecule has 0 unspecified atom stereocenters. The average Bonchev–Trinajstić information content (AvgIpc) is 1.21. The van der Waals surface area contributed by atoms with E-state index in [0.717, 1.165) is 0 Å². The second-order valence-corrected chi connectivity index (χ2v) is 2.56. The maximum absolute atomic E-state index is 9.66. The quantitative estimate of drug-likeness (QED) is 0.544. The lowest BCUT2D eigenvalue weighted by Crippen LogP contribution is -2.08. The summed E-state index contributed by atoms with van der Waals surface area (Å²) in [4.78, 5) is 0. The summed E-state index contributed by atoms with van der Waals surface area (Å²) >= 11 is 0. The molecule has 8 heavy (non-hydrogen) atoms. The predicted octanol–water partition coefficient (Wildman–Crippen LogP) is 0.0867. The van der Waals surface area contributed by atoms with E-state index in [-0.39, 0.29) is 0 Å². The first-order valence-corrected chi connectivity index (χ1v) is 3.39. The Hall–Kier alpha value is -0.130. The molecule has 0 aliphatic rings. The monoisotopic (exact) mass is 139 g/mol. The third-order valence-corrected chi connectivity index (χ3v) is 0.931. The molecule has 0 N–H and O–H groups in total. The van der Waals surface area contributed by atoms with E-state index in [1.54, 1.807) is 0 Å². The van der Waals surface area contributed by atoms with Crippen LogP contribution in [0.1, 0.15) is 13.8 Å². The fourth-order valence-corrected chi connectivity index (χ4v) is 0.707. The first kappa shape index (κ1) is 7.87. The van der Waals surface area contributed by atoms with E-state index in [1.165, 1.54) is 13.8 Å². The van der Waals surface area contributed by atoms with E-state index in [1.807, 2.05) is 0 Å². The zero-order valence-corrected chi connectivity index (χ0v) is 5.44. The van der Waals surface area contributed by atoms with Crippen molar-refractivity contribution < 1.29 is 17.2 Å². The molecule has 0 aromatic carbocycles. The van der Waals surface area contributed by atoms with Crippen molar-refractivity contribution in [2.45, 2.75) is 20.0 Å². The molecule has 0 saturated heterocycles. The lowest BCUT2D eigenvalue weighted by molar-refractivity contribution is 0.196. The Morgan fingerprint density at radius 2 is 1.75 bits per heavy atom. The first-order valence-electron chi connectivity index (χ1n) is 2.06. The summed E-state index contributed by atoms with van der Waals surface area (Å²) in [6.45, 7) is 2.94. The van der Waals surface area contributed by atoms with Gasteiger partial charge >= 0.3 is 10.4 Å². The van der Waals surface area contributed by atoms with Crippen molar-refractivity contribution in [1.29, 1.82) is 0 Å². The van der Waals surface area contributed by atoms with E-state index in [4.69, 9.17) is 0 Å². The molecule has 0 bridgehead atoms. The molecule has 0 spiro atoms. The Morgan fingerprint density at radius 3 is 1.75 bits per heavy atom. The summed E-state index contributed by atoms with van der Waals surface area (Å²) in [5, 5.41) is 0. The third-order valence-electron chi connectivity index (χ3n) is 0.310. The van der Waals surface area contributed by atoms with Crippen LogP contribution < -0.4 is 0 Å². The van der Waals surface area contributed by atoms with Crippen LogP contribution in [0.3, 0.4) is 0 Å². The van der Waals surface area contributed by atoms with Crippen molar-refractivity contribution in [2.24, 2.45) is 0 Å². The van der Waals surface area contributed by atoms with Gasteiger partial charge < -0.3 is 0 Å². The van der Waals surface area contributed by atoms with Gasteiger partial charge in [-0.05, 0) is 13.8 Å². The van der Waals surface area contributed by atoms with Crippen molar-refractivity contribution in [2.75, 3.05) is 0 Å². The number of hydrogen-bond donors (Lipinski definition) is 0. The highest BCUT2D eigenvalue weighted by atomic mass is 32.3. The molecule has 0 atom stereocenters. The second kappa shape index (κ2) is 2.43. The summed E-state index contributed by atoms with van der Waals surface area (Å²) in [6, 6.07) is 0. The SMILES string of the molecule is CC(C)OS([O])(=O)=O. The molecule has 49 valence electrons. The zero-order valence-electron chi connectivity index (χ0n) is 4.62. The molecular formula is C3H7O4S. The molecule has 0 heterocycles. The first-order chi connectivity index (χ1) is 3.42. The van der Waals surface area contributed by atoms with Gasteiger partial charge in [0.1, 0.15) is 0 Å². The number of hydrogen-bond acceptors (Lipinski definition) is 3. The molecule has 0 fully saturated rings. The highest BCUT2D eigenvalue weighted by Gasteiger charge is 2.08. The maximum atomic E-state index is 9.66. The van der Waals surface area contributed by atoms with Gasteiger partial charge in [0.25, 0.3) is 0 Å². The van der Waals surface area contributed by atoms with Crippen LogP contribution in [0.2, 0.25) is 0 Å². The summed E-state index contributed by atoms with van der Waals surface area (Å²) in [5.74, 6) is 0. The van der Waals surface area contributed by atoms with E-state index in [0.29, 0.717) is 0 Å². The lowest BCUT2D eigenvalue weighted by Gasteiger charge is -1.98. The molecule has 5 heteroatoms. The van der Waals surface area contributed by atoms with Crippen LogP contribution in [0.4, 0.5) is 0 Å². The van der Waals surface area contributed by atoms with Crippen LogP contribution in [0.25, 0.3) is 0 Å². The molecule has 0 aliphatic carbocycles. The highest BCUT2D eigenvalue weighted by molar-refractivity contribution is 7.80. The van der Waals surface area contributed by atoms with Crippen molar-refractivity contribution in [3.63, 3.8) is 0 Å². The normalized spacial score (nSPS) is 12.5. The van der Waals surface area contributed by atoms with E-state index in [9.17, 15) is 13.0 Å². The zero-order chi connectivity index (χ0) is 6.78. The van der Waals surface area contributed by atoms with Crippen molar-refractivity contribution in [1.82, 2.24) is 0 Å². The van der Waals surface area contributed by atoms with Crippen LogP contribution >= 0.6 is 0 Å². The molecule has 0 aliphatic heterocycles. The molecule has 0 aromatic rings. The Labute approximate surface area is 48.4 Å². The molecule has 0 saturated carbocycles. The fraction of sp³-hybridized carbons (Fsp3) is 1.00. The number of rotatable bonds is 2. The van der Waals surface area contributed by atoms with Gasteiger partial charge in [-0.2, -0.15) is 8.42 Å². The maximum Gasteiger partial charge on any atom is 0.427 e. The van der Waals surface area contributed by atoms with Crippen LogP contribution in [-0.2, 0) is 19.1 Å². The Bertz CT molecular complexity index is 145. The molecule has 4 nitrogen and oxygen atoms in total. The molecule has 0 aromatic heterocycles. The third kappa shape index (κ3) is 5.87. The van der Waals surface area contributed by atoms with Gasteiger partial charge in [-0.1, -0.05) is 4.55 Å². The van der Waals surface area contributed by atoms with Gasteiger partial charge in [0.2, 0.25) is 0 Å². The summed E-state index contributed by atoms with van der Waals surface area (Å²) in [7, 11) is -4.47. The average molecular weight is 139 g/mol. The van der Waals surface area contributed by atoms with E-state index in [2.05, 4.69) is 4.18 Å². The van der Waals surface area contributed by atoms with Crippen LogP contribution in [0.15, 0.2) is 0 Å². The fourth-order valence-electron chi connectivity index (χ4n) is 0.236. The van der Waals surface area contributed by atoms with Gasteiger partial charge in [0.05, 0.1) is 6.10 Å². The van der Waals surface area contributed by atoms with E-state index >= 15 is 0 Å². The molecular weight excluding hydrogens is 132 g/mol. The van der Waals surface area contributed by atoms with Gasteiger partial charge in [0, 0.05) is 0 Å². The van der Waals surface area contributed by atoms with Gasteiger partial charge in [-0.15, -0.1) is 0 Å². The molecule has 0 rings (SSSR count). The summed E-state index contributed by atoms with van der Waals surface area (Å²) in [5.41, 5.74) is 0. The van der Waals surface area contributed by atoms with E-state index < -0.39 is 16.5 Å². The van der Waals surface area contributed by atoms with Crippen LogP contribution in [-0.4, -0.2) is 14.5 Å². The van der Waals surface area contributed by atoms with Gasteiger partial charge in [-0.25, -0.2) is 4.18 Å². The lowest BCUT2D eigenvalue weighted by atomic mass is 10.5. The summed E-state index contributed by atoms with van der Waals surface area (Å²) in [6.07, 6.45) is -0.558. The minimum absolute atomic E-state index is 0.558. The Kier molecular flexibility index (Phi) is 2.39. The predicted molar refractivity (Wildman–Crippen MR) is 25.8 cm³/mol. The topological polar surface area (TPSA) is 63.3 Å². The largest absolute Gasteiger partial charge is 0.427 e. The Morgan fingerprint density at radius 1 is 1.38 bits per heavy atom. The molecule has 0 amide bonds. The van der Waals surface area contributed by atoms with Gasteiger partial charge in [-0.3, -0.25) is 0 Å². The summed E-state index contributed by atoms with van der Waals surface area (Å²) < 4.78 is 32.8. The van der Waals surface area contributed by atoms with Crippen LogP contribution in [0, 0.1) is 0 Å². The van der Waals surface area contributed by atoms with Crippen molar-refractivity contribution >= 4 is 10.4 Å². The van der Waals surface area contributed by atoms with Crippen molar-refractivity contribution in [3.05, 3.63) is 0 Å². The van der Waals surface area contributed by atoms with Crippen molar-refractivity contribution in [3.8, 4) is 0 Å². The Balaban J connectivity index is 3.75. The highest BCUT2D eigenvalue weighted by Crippen LogP contribution is 1.93. The van der Waals surface area contributed by atoms with Gasteiger partial charge in [0.15, 0.2) is 0 Å². The second-order valence-electron chi connectivity index (χ2n) is 1.55. The minimum atomic E-state index is -4.47.